The summed E-state index contributed by atoms with van der Waals surface area (Å²) in [7, 11) is 0. The van der Waals surface area contributed by atoms with Gasteiger partial charge in [-0.2, -0.15) is 0 Å². The van der Waals surface area contributed by atoms with E-state index in [9.17, 15) is 9.18 Å². The number of hydrogen-bond acceptors (Lipinski definition) is 3. The van der Waals surface area contributed by atoms with E-state index in [4.69, 9.17) is 11.6 Å². The molecule has 4 nitrogen and oxygen atoms in total. The van der Waals surface area contributed by atoms with Crippen LogP contribution in [0.5, 0.6) is 0 Å². The van der Waals surface area contributed by atoms with E-state index in [2.05, 4.69) is 34.1 Å². The zero-order valence-electron chi connectivity index (χ0n) is 14.6. The number of aromatic amines is 1. The van der Waals surface area contributed by atoms with E-state index in [1.807, 2.05) is 11.1 Å². The second kappa shape index (κ2) is 7.82. The number of amides is 1. The zero-order valence-corrected chi connectivity index (χ0v) is 16.2. The van der Waals surface area contributed by atoms with Gasteiger partial charge in [0.2, 0.25) is 5.91 Å². The molecule has 0 radical (unpaired) electrons. The Labute approximate surface area is 166 Å². The number of carbonyl (C=O) groups excluding carboxylic acids is 1. The maximum Gasteiger partial charge on any atom is 0.233 e. The summed E-state index contributed by atoms with van der Waals surface area (Å²) in [4.78, 5) is 20.7. The number of nitrogens with one attached hydrogen (secondary N) is 1. The number of thioether (sulfide) groups is 1. The van der Waals surface area contributed by atoms with Crippen LogP contribution in [-0.4, -0.2) is 47.7 Å². The Kier molecular flexibility index (Phi) is 5.27. The van der Waals surface area contributed by atoms with Crippen molar-refractivity contribution in [2.24, 2.45) is 0 Å². The lowest BCUT2D eigenvalue weighted by Gasteiger charge is -2.36. The maximum absolute atomic E-state index is 13.1. The number of carbonyl (C=O) groups is 1. The molecule has 1 amide bonds. The molecule has 0 unspecified atom stereocenters. The smallest absolute Gasteiger partial charge is 0.233 e. The molecule has 1 aliphatic rings. The number of rotatable bonds is 4. The Morgan fingerprint density at radius 1 is 1.15 bits per heavy atom. The molecule has 0 spiro atoms. The molecule has 2 aromatic carbocycles. The van der Waals surface area contributed by atoms with Crippen LogP contribution in [0.1, 0.15) is 0 Å². The molecule has 1 fully saturated rings. The molecule has 1 aliphatic heterocycles. The SMILES string of the molecule is O=C(CSc1ccc(F)cc1Cl)N1CCN(c2cccc3[nH]ccc23)CC1. The van der Waals surface area contributed by atoms with Crippen LogP contribution in [0.25, 0.3) is 10.9 Å². The van der Waals surface area contributed by atoms with Crippen molar-refractivity contribution >= 4 is 45.9 Å². The summed E-state index contributed by atoms with van der Waals surface area (Å²) in [5.74, 6) is 0.0165. The quantitative estimate of drug-likeness (QED) is 0.656. The van der Waals surface area contributed by atoms with Crippen LogP contribution in [0.15, 0.2) is 53.6 Å². The molecule has 0 bridgehead atoms. The third kappa shape index (κ3) is 3.92. The molecule has 0 atom stereocenters. The van der Waals surface area contributed by atoms with Gasteiger partial charge in [-0.05, 0) is 36.4 Å². The molecular weight excluding hydrogens is 385 g/mol. The van der Waals surface area contributed by atoms with Crippen LogP contribution in [0.2, 0.25) is 5.02 Å². The number of H-pyrrole nitrogens is 1. The zero-order chi connectivity index (χ0) is 18.8. The van der Waals surface area contributed by atoms with E-state index >= 15 is 0 Å². The molecular formula is C20H19ClFN3OS. The number of piperazine rings is 1. The molecule has 140 valence electrons. The third-order valence-corrected chi connectivity index (χ3v) is 6.27. The van der Waals surface area contributed by atoms with Gasteiger partial charge in [0.05, 0.1) is 10.8 Å². The van der Waals surface area contributed by atoms with E-state index in [1.165, 1.54) is 35.0 Å². The minimum Gasteiger partial charge on any atom is -0.367 e. The van der Waals surface area contributed by atoms with Gasteiger partial charge in [-0.1, -0.05) is 17.7 Å². The average molecular weight is 404 g/mol. The van der Waals surface area contributed by atoms with Crippen molar-refractivity contribution in [3.05, 3.63) is 59.5 Å². The maximum atomic E-state index is 13.1. The summed E-state index contributed by atoms with van der Waals surface area (Å²) in [6, 6.07) is 12.6. The number of benzene rings is 2. The fourth-order valence-electron chi connectivity index (χ4n) is 3.36. The first-order chi connectivity index (χ1) is 13.1. The van der Waals surface area contributed by atoms with Gasteiger partial charge in [-0.3, -0.25) is 4.79 Å². The minimum absolute atomic E-state index is 0.0832. The Hall–Kier alpha value is -2.18. The number of fused-ring (bicyclic) bond motifs is 1. The molecule has 1 saturated heterocycles. The summed E-state index contributed by atoms with van der Waals surface area (Å²) >= 11 is 7.38. The predicted octanol–water partition coefficient (Wildman–Crippen LogP) is 4.40. The largest absolute Gasteiger partial charge is 0.367 e. The number of nitrogens with zero attached hydrogens (tertiary/aromatic N) is 2. The van der Waals surface area contributed by atoms with Crippen LogP contribution in [-0.2, 0) is 4.79 Å². The molecule has 2 heterocycles. The first kappa shape index (κ1) is 18.2. The van der Waals surface area contributed by atoms with Gasteiger partial charge >= 0.3 is 0 Å². The van der Waals surface area contributed by atoms with E-state index in [0.29, 0.717) is 23.9 Å². The Balaban J connectivity index is 1.35. The topological polar surface area (TPSA) is 39.3 Å². The highest BCUT2D eigenvalue weighted by Crippen LogP contribution is 2.29. The van der Waals surface area contributed by atoms with Crippen molar-refractivity contribution in [2.75, 3.05) is 36.8 Å². The summed E-state index contributed by atoms with van der Waals surface area (Å²) in [6.45, 7) is 2.99. The average Bonchev–Trinajstić information content (AvgIpc) is 3.16. The number of aromatic nitrogens is 1. The lowest BCUT2D eigenvalue weighted by molar-refractivity contribution is -0.128. The molecule has 3 aromatic rings. The fourth-order valence-corrected chi connectivity index (χ4v) is 4.52. The standard InChI is InChI=1S/C20H19ClFN3OS/c21-16-12-14(22)4-5-19(16)27-13-20(26)25-10-8-24(9-11-25)18-3-1-2-17-15(18)6-7-23-17/h1-7,12,23H,8-11,13H2. The first-order valence-electron chi connectivity index (χ1n) is 8.78. The van der Waals surface area contributed by atoms with E-state index in [-0.39, 0.29) is 11.7 Å². The van der Waals surface area contributed by atoms with Crippen molar-refractivity contribution in [3.63, 3.8) is 0 Å². The number of halogens is 2. The van der Waals surface area contributed by atoms with Gasteiger partial charge in [0.25, 0.3) is 0 Å². The van der Waals surface area contributed by atoms with Gasteiger partial charge in [-0.25, -0.2) is 4.39 Å². The second-order valence-corrected chi connectivity index (χ2v) is 7.87. The summed E-state index contributed by atoms with van der Waals surface area (Å²) in [6.07, 6.45) is 1.95. The lowest BCUT2D eigenvalue weighted by atomic mass is 10.1. The van der Waals surface area contributed by atoms with Crippen molar-refractivity contribution in [1.82, 2.24) is 9.88 Å². The normalized spacial score (nSPS) is 14.7. The van der Waals surface area contributed by atoms with Gasteiger partial charge < -0.3 is 14.8 Å². The first-order valence-corrected chi connectivity index (χ1v) is 10.1. The Morgan fingerprint density at radius 2 is 1.96 bits per heavy atom. The van der Waals surface area contributed by atoms with E-state index in [1.54, 1.807) is 6.07 Å². The van der Waals surface area contributed by atoms with Crippen molar-refractivity contribution in [3.8, 4) is 0 Å². The molecule has 1 aromatic heterocycles. The Bertz CT molecular complexity index is 969. The summed E-state index contributed by atoms with van der Waals surface area (Å²) in [5, 5.41) is 1.55. The van der Waals surface area contributed by atoms with E-state index < -0.39 is 0 Å². The van der Waals surface area contributed by atoms with Crippen LogP contribution in [0.3, 0.4) is 0 Å². The third-order valence-electron chi connectivity index (χ3n) is 4.79. The molecule has 0 saturated carbocycles. The van der Waals surface area contributed by atoms with Crippen LogP contribution in [0, 0.1) is 5.82 Å². The van der Waals surface area contributed by atoms with E-state index in [0.717, 1.165) is 23.5 Å². The molecule has 27 heavy (non-hydrogen) atoms. The summed E-state index contributed by atoms with van der Waals surface area (Å²) in [5.41, 5.74) is 2.33. The second-order valence-electron chi connectivity index (χ2n) is 6.45. The highest BCUT2D eigenvalue weighted by atomic mass is 35.5. The highest BCUT2D eigenvalue weighted by molar-refractivity contribution is 8.00. The predicted molar refractivity (Wildman–Crippen MR) is 109 cm³/mol. The monoisotopic (exact) mass is 403 g/mol. The van der Waals surface area contributed by atoms with Gasteiger partial charge in [0, 0.05) is 53.9 Å². The van der Waals surface area contributed by atoms with Gasteiger partial charge in [0.1, 0.15) is 5.82 Å². The van der Waals surface area contributed by atoms with Gasteiger partial charge in [-0.15, -0.1) is 11.8 Å². The fraction of sp³-hybridized carbons (Fsp3) is 0.250. The summed E-state index contributed by atoms with van der Waals surface area (Å²) < 4.78 is 13.1. The molecule has 4 rings (SSSR count). The van der Waals surface area contributed by atoms with Crippen LogP contribution >= 0.6 is 23.4 Å². The van der Waals surface area contributed by atoms with Crippen molar-refractivity contribution in [2.45, 2.75) is 4.90 Å². The van der Waals surface area contributed by atoms with Crippen molar-refractivity contribution in [1.29, 1.82) is 0 Å². The highest BCUT2D eigenvalue weighted by Gasteiger charge is 2.22. The van der Waals surface area contributed by atoms with Crippen molar-refractivity contribution < 1.29 is 9.18 Å². The number of hydrogen-bond donors (Lipinski definition) is 1. The van der Waals surface area contributed by atoms with Gasteiger partial charge in [0.15, 0.2) is 0 Å². The minimum atomic E-state index is -0.371. The van der Waals surface area contributed by atoms with Crippen LogP contribution in [0.4, 0.5) is 10.1 Å². The molecule has 7 heteroatoms. The number of anilines is 1. The van der Waals surface area contributed by atoms with Crippen LogP contribution < -0.4 is 4.90 Å². The molecule has 0 aliphatic carbocycles. The Morgan fingerprint density at radius 3 is 2.74 bits per heavy atom. The molecule has 1 N–H and O–H groups in total. The lowest BCUT2D eigenvalue weighted by Crippen LogP contribution is -2.49.